The first-order chi connectivity index (χ1) is 12.7. The highest BCUT2D eigenvalue weighted by Gasteiger charge is 1.95. The van der Waals surface area contributed by atoms with Crippen LogP contribution in [0.4, 0.5) is 0 Å². The molecule has 0 unspecified atom stereocenters. The molecule has 2 nitrogen and oxygen atoms in total. The van der Waals surface area contributed by atoms with Gasteiger partial charge < -0.3 is 4.74 Å². The van der Waals surface area contributed by atoms with Crippen LogP contribution < -0.4 is 0 Å². The molecule has 0 saturated heterocycles. The number of rotatable bonds is 14. The molecule has 0 bridgehead atoms. The molecular weight excluding hydrogens is 320 g/mol. The summed E-state index contributed by atoms with van der Waals surface area (Å²) in [5.74, 6) is -0.304. The van der Waals surface area contributed by atoms with Gasteiger partial charge in [0.15, 0.2) is 0 Å². The second-order valence-electron chi connectivity index (χ2n) is 6.52. The molecule has 146 valence electrons. The predicted molar refractivity (Wildman–Crippen MR) is 114 cm³/mol. The largest absolute Gasteiger partial charge is 0.463 e. The third-order valence-corrected chi connectivity index (χ3v) is 4.19. The van der Waals surface area contributed by atoms with Gasteiger partial charge in [0.05, 0.1) is 6.61 Å². The van der Waals surface area contributed by atoms with Crippen LogP contribution >= 0.6 is 0 Å². The maximum absolute atomic E-state index is 10.8. The lowest BCUT2D eigenvalue weighted by molar-refractivity contribution is -0.137. The summed E-state index contributed by atoms with van der Waals surface area (Å²) in [6.07, 6.45) is 17.5. The Morgan fingerprint density at radius 1 is 0.846 bits per heavy atom. The Labute approximate surface area is 161 Å². The average Bonchev–Trinajstić information content (AvgIpc) is 2.69. The molecule has 0 fully saturated rings. The van der Waals surface area contributed by atoms with Crippen LogP contribution in [0.3, 0.4) is 0 Å². The van der Waals surface area contributed by atoms with Gasteiger partial charge in [0, 0.05) is 6.08 Å². The van der Waals surface area contributed by atoms with E-state index in [2.05, 4.69) is 20.1 Å². The molecule has 0 radical (unpaired) electrons. The number of benzene rings is 1. The lowest BCUT2D eigenvalue weighted by atomic mass is 10.1. The van der Waals surface area contributed by atoms with Crippen molar-refractivity contribution < 1.29 is 9.53 Å². The van der Waals surface area contributed by atoms with Crippen molar-refractivity contribution in [3.8, 4) is 0 Å². The van der Waals surface area contributed by atoms with Crippen LogP contribution in [0.15, 0.2) is 49.6 Å². The van der Waals surface area contributed by atoms with Crippen molar-refractivity contribution in [3.63, 3.8) is 0 Å². The Hall–Kier alpha value is -1.83. The fourth-order valence-electron chi connectivity index (χ4n) is 2.59. The molecule has 0 atom stereocenters. The fourth-order valence-corrected chi connectivity index (χ4v) is 2.59. The van der Waals surface area contributed by atoms with E-state index < -0.39 is 0 Å². The lowest BCUT2D eigenvalue weighted by Crippen LogP contribution is -2.01. The molecule has 0 saturated carbocycles. The molecule has 26 heavy (non-hydrogen) atoms. The van der Waals surface area contributed by atoms with Gasteiger partial charge in [0.2, 0.25) is 0 Å². The maximum Gasteiger partial charge on any atom is 0.330 e. The number of carbonyl (C=O) groups is 1. The molecule has 1 aromatic carbocycles. The van der Waals surface area contributed by atoms with Crippen molar-refractivity contribution in [2.24, 2.45) is 0 Å². The number of esters is 1. The number of hydrogen-bond acceptors (Lipinski definition) is 2. The highest BCUT2D eigenvalue weighted by Crippen LogP contribution is 2.11. The summed E-state index contributed by atoms with van der Waals surface area (Å²) in [5.41, 5.74) is 1.17. The van der Waals surface area contributed by atoms with E-state index in [4.69, 9.17) is 4.74 Å². The summed E-state index contributed by atoms with van der Waals surface area (Å²) in [6, 6.07) is 10.0. The Kier molecular flexibility index (Phi) is 18.1. The van der Waals surface area contributed by atoms with Gasteiger partial charge in [-0.15, -0.1) is 0 Å². The Bertz CT molecular complexity index is 451. The van der Waals surface area contributed by atoms with Crippen LogP contribution in [0.1, 0.15) is 83.1 Å². The summed E-state index contributed by atoms with van der Waals surface area (Å²) >= 11 is 0. The fraction of sp³-hybridized carbons (Fsp3) is 0.542. The number of ether oxygens (including phenoxy) is 1. The molecule has 1 aromatic rings. The summed E-state index contributed by atoms with van der Waals surface area (Å²) < 4.78 is 4.92. The van der Waals surface area contributed by atoms with Gasteiger partial charge in [0.25, 0.3) is 0 Å². The third-order valence-electron chi connectivity index (χ3n) is 4.19. The summed E-state index contributed by atoms with van der Waals surface area (Å²) in [6.45, 7) is 9.79. The van der Waals surface area contributed by atoms with Gasteiger partial charge >= 0.3 is 5.97 Å². The monoisotopic (exact) mass is 358 g/mol. The van der Waals surface area contributed by atoms with Crippen LogP contribution in [-0.4, -0.2) is 12.6 Å². The van der Waals surface area contributed by atoms with Gasteiger partial charge in [0.1, 0.15) is 0 Å². The van der Waals surface area contributed by atoms with E-state index in [1.54, 1.807) is 0 Å². The van der Waals surface area contributed by atoms with Gasteiger partial charge in [-0.05, 0) is 12.0 Å². The SMILES string of the molecule is C=CC(=O)OCCCCCCCCCCCCC.C=Cc1ccccc1. The second kappa shape index (κ2) is 19.5. The zero-order valence-corrected chi connectivity index (χ0v) is 16.8. The van der Waals surface area contributed by atoms with Crippen molar-refractivity contribution in [2.45, 2.75) is 77.6 Å². The minimum Gasteiger partial charge on any atom is -0.463 e. The maximum atomic E-state index is 10.8. The van der Waals surface area contributed by atoms with E-state index in [9.17, 15) is 4.79 Å². The smallest absolute Gasteiger partial charge is 0.330 e. The minimum atomic E-state index is -0.304. The van der Waals surface area contributed by atoms with Gasteiger partial charge in [-0.2, -0.15) is 0 Å². The molecule has 0 spiro atoms. The van der Waals surface area contributed by atoms with Crippen molar-refractivity contribution in [1.82, 2.24) is 0 Å². The van der Waals surface area contributed by atoms with Crippen molar-refractivity contribution >= 4 is 12.0 Å². The topological polar surface area (TPSA) is 26.3 Å². The molecule has 2 heteroatoms. The standard InChI is InChI=1S/C16H30O2.C8H8/c1-3-5-6-7-8-9-10-11-12-13-14-15-18-16(17)4-2;1-2-8-6-4-3-5-7-8/h4H,2-3,5-15H2,1H3;2-7H,1H2. The van der Waals surface area contributed by atoms with E-state index in [0.29, 0.717) is 6.61 Å². The molecule has 0 aliphatic carbocycles. The molecule has 0 aliphatic heterocycles. The first-order valence-electron chi connectivity index (χ1n) is 10.2. The van der Waals surface area contributed by atoms with E-state index in [1.165, 1.54) is 75.8 Å². The van der Waals surface area contributed by atoms with Crippen molar-refractivity contribution in [3.05, 3.63) is 55.1 Å². The molecule has 1 rings (SSSR count). The Morgan fingerprint density at radius 2 is 1.35 bits per heavy atom. The lowest BCUT2D eigenvalue weighted by Gasteiger charge is -2.03. The minimum absolute atomic E-state index is 0.304. The molecule has 0 heterocycles. The third kappa shape index (κ3) is 17.0. The van der Waals surface area contributed by atoms with Crippen LogP contribution in [-0.2, 0) is 9.53 Å². The second-order valence-corrected chi connectivity index (χ2v) is 6.52. The highest BCUT2D eigenvalue weighted by atomic mass is 16.5. The first-order valence-corrected chi connectivity index (χ1v) is 10.2. The van der Waals surface area contributed by atoms with Gasteiger partial charge in [-0.25, -0.2) is 4.79 Å². The van der Waals surface area contributed by atoms with Gasteiger partial charge in [-0.3, -0.25) is 0 Å². The van der Waals surface area contributed by atoms with Crippen molar-refractivity contribution in [1.29, 1.82) is 0 Å². The molecule has 0 N–H and O–H groups in total. The average molecular weight is 359 g/mol. The zero-order chi connectivity index (χ0) is 19.3. The summed E-state index contributed by atoms with van der Waals surface area (Å²) in [5, 5.41) is 0. The molecule has 0 aliphatic rings. The molecule has 0 aromatic heterocycles. The first kappa shape index (κ1) is 24.2. The quantitative estimate of drug-likeness (QED) is 0.197. The Morgan fingerprint density at radius 3 is 1.77 bits per heavy atom. The van der Waals surface area contributed by atoms with Gasteiger partial charge in [-0.1, -0.05) is 121 Å². The van der Waals surface area contributed by atoms with E-state index in [1.807, 2.05) is 36.4 Å². The number of carbonyl (C=O) groups excluding carboxylic acids is 1. The number of hydrogen-bond donors (Lipinski definition) is 0. The summed E-state index contributed by atoms with van der Waals surface area (Å²) in [4.78, 5) is 10.8. The predicted octanol–water partition coefficient (Wildman–Crippen LogP) is 7.36. The highest BCUT2D eigenvalue weighted by molar-refractivity contribution is 5.81. The summed E-state index contributed by atoms with van der Waals surface area (Å²) in [7, 11) is 0. The normalized spacial score (nSPS) is 9.73. The van der Waals surface area contributed by atoms with Crippen LogP contribution in [0, 0.1) is 0 Å². The van der Waals surface area contributed by atoms with E-state index >= 15 is 0 Å². The zero-order valence-electron chi connectivity index (χ0n) is 16.8. The number of unbranched alkanes of at least 4 members (excludes halogenated alkanes) is 10. The molecule has 0 amide bonds. The Balaban J connectivity index is 0.000000642. The van der Waals surface area contributed by atoms with Crippen LogP contribution in [0.5, 0.6) is 0 Å². The van der Waals surface area contributed by atoms with E-state index in [-0.39, 0.29) is 5.97 Å². The van der Waals surface area contributed by atoms with Crippen LogP contribution in [0.25, 0.3) is 6.08 Å². The van der Waals surface area contributed by atoms with Crippen molar-refractivity contribution in [2.75, 3.05) is 6.61 Å². The molecular formula is C24H38O2. The van der Waals surface area contributed by atoms with E-state index in [0.717, 1.165) is 6.42 Å². The van der Waals surface area contributed by atoms with Crippen LogP contribution in [0.2, 0.25) is 0 Å².